The Labute approximate surface area is 133 Å². The predicted octanol–water partition coefficient (Wildman–Crippen LogP) is 2.68. The Morgan fingerprint density at radius 3 is 2.62 bits per heavy atom. The number of nitrogens with zero attached hydrogens (tertiary/aromatic N) is 3. The van der Waals surface area contributed by atoms with Gasteiger partial charge in [-0.3, -0.25) is 4.90 Å². The molecule has 0 saturated carbocycles. The fraction of sp³-hybridized carbons (Fsp3) is 0.812. The summed E-state index contributed by atoms with van der Waals surface area (Å²) >= 11 is 1.75. The van der Waals surface area contributed by atoms with Gasteiger partial charge in [0.15, 0.2) is 5.13 Å². The van der Waals surface area contributed by atoms with Crippen molar-refractivity contribution in [2.75, 3.05) is 50.7 Å². The largest absolute Gasteiger partial charge is 0.346 e. The van der Waals surface area contributed by atoms with Crippen molar-refractivity contribution in [2.24, 2.45) is 5.41 Å². The first-order valence-corrected chi connectivity index (χ1v) is 9.12. The SMILES string of the molecule is CCCC(C)(CNCC)CN1CCN(c2nccs2)CC1. The Morgan fingerprint density at radius 1 is 1.29 bits per heavy atom. The summed E-state index contributed by atoms with van der Waals surface area (Å²) in [7, 11) is 0. The van der Waals surface area contributed by atoms with Crippen molar-refractivity contribution in [3.63, 3.8) is 0 Å². The van der Waals surface area contributed by atoms with Crippen LogP contribution >= 0.6 is 11.3 Å². The molecule has 120 valence electrons. The van der Waals surface area contributed by atoms with Crippen LogP contribution in [0.5, 0.6) is 0 Å². The number of hydrogen-bond acceptors (Lipinski definition) is 5. The van der Waals surface area contributed by atoms with Gasteiger partial charge in [0.1, 0.15) is 0 Å². The second kappa shape index (κ2) is 8.11. The van der Waals surface area contributed by atoms with Crippen LogP contribution in [-0.2, 0) is 0 Å². The Hall–Kier alpha value is -0.650. The highest BCUT2D eigenvalue weighted by Crippen LogP contribution is 2.25. The molecule has 0 radical (unpaired) electrons. The molecule has 2 rings (SSSR count). The highest BCUT2D eigenvalue weighted by Gasteiger charge is 2.28. The maximum atomic E-state index is 4.43. The Bertz CT molecular complexity index is 387. The molecule has 0 spiro atoms. The van der Waals surface area contributed by atoms with Crippen molar-refractivity contribution in [1.82, 2.24) is 15.2 Å². The third-order valence-corrected chi connectivity index (χ3v) is 5.15. The van der Waals surface area contributed by atoms with E-state index in [2.05, 4.69) is 46.3 Å². The minimum absolute atomic E-state index is 0.397. The molecule has 1 atom stereocenters. The second-order valence-electron chi connectivity index (χ2n) is 6.42. The zero-order chi connectivity index (χ0) is 15.1. The van der Waals surface area contributed by atoms with Gasteiger partial charge in [-0.05, 0) is 18.4 Å². The molecule has 2 heterocycles. The summed E-state index contributed by atoms with van der Waals surface area (Å²) in [6, 6.07) is 0. The van der Waals surface area contributed by atoms with Gasteiger partial charge >= 0.3 is 0 Å². The van der Waals surface area contributed by atoms with Crippen LogP contribution < -0.4 is 10.2 Å². The number of piperazine rings is 1. The molecule has 5 heteroatoms. The highest BCUT2D eigenvalue weighted by molar-refractivity contribution is 7.13. The third kappa shape index (κ3) is 4.94. The molecule has 1 N–H and O–H groups in total. The topological polar surface area (TPSA) is 31.4 Å². The standard InChI is InChI=1S/C16H30N4S/c1-4-6-16(3,13-17-5-2)14-19-8-10-20(11-9-19)15-18-7-12-21-15/h7,12,17H,4-6,8-11,13-14H2,1-3H3. The number of anilines is 1. The van der Waals surface area contributed by atoms with Crippen molar-refractivity contribution in [1.29, 1.82) is 0 Å². The highest BCUT2D eigenvalue weighted by atomic mass is 32.1. The van der Waals surface area contributed by atoms with Gasteiger partial charge in [0.25, 0.3) is 0 Å². The molecule has 1 fully saturated rings. The van der Waals surface area contributed by atoms with Crippen molar-refractivity contribution in [3.05, 3.63) is 11.6 Å². The van der Waals surface area contributed by atoms with Crippen molar-refractivity contribution in [2.45, 2.75) is 33.6 Å². The first-order valence-electron chi connectivity index (χ1n) is 8.24. The van der Waals surface area contributed by atoms with E-state index >= 15 is 0 Å². The van der Waals surface area contributed by atoms with Gasteiger partial charge in [0.05, 0.1) is 0 Å². The Kier molecular flexibility index (Phi) is 6.45. The Morgan fingerprint density at radius 2 is 2.05 bits per heavy atom. The molecule has 1 aromatic rings. The normalized spacial score (nSPS) is 19.7. The number of thiazole rings is 1. The average molecular weight is 311 g/mol. The molecule has 1 aliphatic heterocycles. The molecule has 4 nitrogen and oxygen atoms in total. The quantitative estimate of drug-likeness (QED) is 0.800. The van der Waals surface area contributed by atoms with Crippen molar-refractivity contribution < 1.29 is 0 Å². The molecule has 0 amide bonds. The lowest BCUT2D eigenvalue weighted by atomic mass is 9.84. The summed E-state index contributed by atoms with van der Waals surface area (Å²) in [6.07, 6.45) is 4.47. The minimum atomic E-state index is 0.397. The predicted molar refractivity (Wildman–Crippen MR) is 92.3 cm³/mol. The number of nitrogens with one attached hydrogen (secondary N) is 1. The summed E-state index contributed by atoms with van der Waals surface area (Å²) in [4.78, 5) is 9.48. The number of rotatable bonds is 8. The van der Waals surface area contributed by atoms with E-state index in [0.29, 0.717) is 5.41 Å². The molecular weight excluding hydrogens is 280 g/mol. The van der Waals surface area contributed by atoms with Crippen LogP contribution in [0.2, 0.25) is 0 Å². The lowest BCUT2D eigenvalue weighted by Gasteiger charge is -2.40. The summed E-state index contributed by atoms with van der Waals surface area (Å²) in [5, 5.41) is 6.79. The lowest BCUT2D eigenvalue weighted by Crippen LogP contribution is -2.51. The third-order valence-electron chi connectivity index (χ3n) is 4.32. The van der Waals surface area contributed by atoms with E-state index in [-0.39, 0.29) is 0 Å². The molecule has 0 aromatic carbocycles. The zero-order valence-corrected chi connectivity index (χ0v) is 14.6. The first-order chi connectivity index (χ1) is 10.2. The zero-order valence-electron chi connectivity index (χ0n) is 13.8. The molecule has 21 heavy (non-hydrogen) atoms. The maximum absolute atomic E-state index is 4.43. The van der Waals surface area contributed by atoms with Crippen LogP contribution in [0.1, 0.15) is 33.6 Å². The van der Waals surface area contributed by atoms with Gasteiger partial charge in [0.2, 0.25) is 0 Å². The summed E-state index contributed by atoms with van der Waals surface area (Å²) in [5.74, 6) is 0. The van der Waals surface area contributed by atoms with Crippen LogP contribution in [0, 0.1) is 5.41 Å². The molecule has 1 unspecified atom stereocenters. The number of aromatic nitrogens is 1. The fourth-order valence-electron chi connectivity index (χ4n) is 3.26. The van der Waals surface area contributed by atoms with Crippen LogP contribution in [0.25, 0.3) is 0 Å². The fourth-order valence-corrected chi connectivity index (χ4v) is 3.96. The maximum Gasteiger partial charge on any atom is 0.185 e. The summed E-state index contributed by atoms with van der Waals surface area (Å²) < 4.78 is 0. The van der Waals surface area contributed by atoms with E-state index in [1.807, 2.05) is 6.20 Å². The molecule has 1 aromatic heterocycles. The molecular formula is C16H30N4S. The smallest absolute Gasteiger partial charge is 0.185 e. The molecule has 0 bridgehead atoms. The van der Waals surface area contributed by atoms with Crippen LogP contribution in [0.3, 0.4) is 0 Å². The molecule has 0 aliphatic carbocycles. The minimum Gasteiger partial charge on any atom is -0.346 e. The van der Waals surface area contributed by atoms with Crippen LogP contribution in [-0.4, -0.2) is 55.7 Å². The summed E-state index contributed by atoms with van der Waals surface area (Å²) in [5.41, 5.74) is 0.397. The van der Waals surface area contributed by atoms with Crippen molar-refractivity contribution >= 4 is 16.5 Å². The van der Waals surface area contributed by atoms with Gasteiger partial charge in [-0.25, -0.2) is 4.98 Å². The van der Waals surface area contributed by atoms with E-state index in [1.165, 1.54) is 24.5 Å². The molecule has 1 saturated heterocycles. The molecule has 1 aliphatic rings. The van der Waals surface area contributed by atoms with Gasteiger partial charge in [-0.1, -0.05) is 27.2 Å². The number of hydrogen-bond donors (Lipinski definition) is 1. The van der Waals surface area contributed by atoms with E-state index in [1.54, 1.807) is 11.3 Å². The van der Waals surface area contributed by atoms with E-state index in [9.17, 15) is 0 Å². The average Bonchev–Trinajstić information content (AvgIpc) is 3.00. The van der Waals surface area contributed by atoms with E-state index in [4.69, 9.17) is 0 Å². The van der Waals surface area contributed by atoms with E-state index in [0.717, 1.165) is 39.3 Å². The van der Waals surface area contributed by atoms with Crippen LogP contribution in [0.15, 0.2) is 11.6 Å². The Balaban J connectivity index is 1.83. The van der Waals surface area contributed by atoms with Gasteiger partial charge in [-0.15, -0.1) is 11.3 Å². The summed E-state index contributed by atoms with van der Waals surface area (Å²) in [6.45, 7) is 14.9. The van der Waals surface area contributed by atoms with Crippen molar-refractivity contribution in [3.8, 4) is 0 Å². The van der Waals surface area contributed by atoms with Gasteiger partial charge in [-0.2, -0.15) is 0 Å². The van der Waals surface area contributed by atoms with Gasteiger partial charge in [0, 0.05) is 50.8 Å². The first kappa shape index (κ1) is 16.7. The van der Waals surface area contributed by atoms with Gasteiger partial charge < -0.3 is 10.2 Å². The van der Waals surface area contributed by atoms with Crippen LogP contribution in [0.4, 0.5) is 5.13 Å². The lowest BCUT2D eigenvalue weighted by molar-refractivity contribution is 0.144. The van der Waals surface area contributed by atoms with E-state index < -0.39 is 0 Å². The monoisotopic (exact) mass is 310 g/mol. The second-order valence-corrected chi connectivity index (χ2v) is 7.29.